The molecule has 7 heteroatoms. The highest BCUT2D eigenvalue weighted by atomic mass is 32.1. The first-order valence-electron chi connectivity index (χ1n) is 8.44. The molecule has 0 fully saturated rings. The van der Waals surface area contributed by atoms with E-state index in [4.69, 9.17) is 15.2 Å². The standard InChI is InChI=1S/C20H22N4O2S/c1-25-17-9-8-14(10-18(17)26-2)11-22-20(21)23-12-16-13-27-19(24-16)15-6-4-3-5-7-15/h3-10,13H,11-12H2,1-2H3,(H3,21,22,23). The van der Waals surface area contributed by atoms with Crippen molar-refractivity contribution in [2.45, 2.75) is 13.1 Å². The zero-order valence-corrected chi connectivity index (χ0v) is 16.1. The summed E-state index contributed by atoms with van der Waals surface area (Å²) in [6.45, 7) is 0.982. The number of benzene rings is 2. The molecule has 3 rings (SSSR count). The van der Waals surface area contributed by atoms with Gasteiger partial charge in [0, 0.05) is 10.9 Å². The summed E-state index contributed by atoms with van der Waals surface area (Å²) in [4.78, 5) is 9.00. The molecule has 6 nitrogen and oxygen atoms in total. The summed E-state index contributed by atoms with van der Waals surface area (Å²) in [5.41, 5.74) is 9.00. The van der Waals surface area contributed by atoms with Crippen LogP contribution in [-0.4, -0.2) is 25.2 Å². The highest BCUT2D eigenvalue weighted by Gasteiger charge is 2.06. The summed E-state index contributed by atoms with van der Waals surface area (Å²) >= 11 is 1.61. The van der Waals surface area contributed by atoms with Crippen molar-refractivity contribution in [3.05, 3.63) is 65.2 Å². The summed E-state index contributed by atoms with van der Waals surface area (Å²) < 4.78 is 10.5. The zero-order chi connectivity index (χ0) is 19.1. The minimum absolute atomic E-state index is 0.374. The van der Waals surface area contributed by atoms with Gasteiger partial charge in [0.25, 0.3) is 0 Å². The van der Waals surface area contributed by atoms with Gasteiger partial charge in [0.05, 0.1) is 33.0 Å². The molecule has 1 heterocycles. The lowest BCUT2D eigenvalue weighted by molar-refractivity contribution is 0.354. The number of thiazole rings is 1. The average Bonchev–Trinajstić information content (AvgIpc) is 3.20. The van der Waals surface area contributed by atoms with Gasteiger partial charge in [-0.3, -0.25) is 0 Å². The third-order valence-corrected chi connectivity index (χ3v) is 4.84. The molecule has 2 aromatic carbocycles. The third kappa shape index (κ3) is 4.98. The Bertz CT molecular complexity index is 909. The molecular weight excluding hydrogens is 360 g/mol. The van der Waals surface area contributed by atoms with Crippen LogP contribution in [0.5, 0.6) is 11.5 Å². The zero-order valence-electron chi connectivity index (χ0n) is 15.3. The van der Waals surface area contributed by atoms with Crippen LogP contribution in [0.4, 0.5) is 0 Å². The van der Waals surface area contributed by atoms with Crippen LogP contribution in [0.1, 0.15) is 11.3 Å². The predicted octanol–water partition coefficient (Wildman–Crippen LogP) is 3.43. The Balaban J connectivity index is 1.56. The molecule has 0 amide bonds. The number of nitrogens with one attached hydrogen (secondary N) is 1. The molecule has 0 radical (unpaired) electrons. The van der Waals surface area contributed by atoms with E-state index in [1.54, 1.807) is 25.6 Å². The second-order valence-electron chi connectivity index (χ2n) is 5.75. The first-order chi connectivity index (χ1) is 13.2. The first kappa shape index (κ1) is 18.7. The van der Waals surface area contributed by atoms with E-state index in [9.17, 15) is 0 Å². The van der Waals surface area contributed by atoms with E-state index in [1.165, 1.54) is 0 Å². The smallest absolute Gasteiger partial charge is 0.189 e. The van der Waals surface area contributed by atoms with E-state index in [2.05, 4.69) is 27.4 Å². The summed E-state index contributed by atoms with van der Waals surface area (Å²) in [7, 11) is 3.22. The molecule has 140 valence electrons. The molecule has 27 heavy (non-hydrogen) atoms. The molecule has 0 aliphatic heterocycles. The summed E-state index contributed by atoms with van der Waals surface area (Å²) in [5, 5.41) is 6.12. The van der Waals surface area contributed by atoms with Gasteiger partial charge >= 0.3 is 0 Å². The summed E-state index contributed by atoms with van der Waals surface area (Å²) in [5.74, 6) is 1.74. The van der Waals surface area contributed by atoms with Crippen LogP contribution >= 0.6 is 11.3 Å². The van der Waals surface area contributed by atoms with Crippen LogP contribution in [0.15, 0.2) is 58.9 Å². The number of guanidine groups is 1. The number of methoxy groups -OCH3 is 2. The predicted molar refractivity (Wildman–Crippen MR) is 109 cm³/mol. The molecular formula is C20H22N4O2S. The number of rotatable bonds is 7. The third-order valence-electron chi connectivity index (χ3n) is 3.90. The Morgan fingerprint density at radius 2 is 1.89 bits per heavy atom. The van der Waals surface area contributed by atoms with Gasteiger partial charge in [-0.15, -0.1) is 11.3 Å². The van der Waals surface area contributed by atoms with Crippen molar-refractivity contribution in [2.75, 3.05) is 14.2 Å². The molecule has 0 spiro atoms. The second kappa shape index (κ2) is 9.05. The number of ether oxygens (including phenoxy) is 2. The van der Waals surface area contributed by atoms with Crippen molar-refractivity contribution in [1.29, 1.82) is 0 Å². The number of nitrogens with two attached hydrogens (primary N) is 1. The lowest BCUT2D eigenvalue weighted by Crippen LogP contribution is -2.31. The van der Waals surface area contributed by atoms with E-state index < -0.39 is 0 Å². The van der Waals surface area contributed by atoms with E-state index in [0.717, 1.165) is 21.8 Å². The molecule has 0 aliphatic carbocycles. The van der Waals surface area contributed by atoms with Crippen molar-refractivity contribution < 1.29 is 9.47 Å². The molecule has 0 atom stereocenters. The highest BCUT2D eigenvalue weighted by molar-refractivity contribution is 7.13. The topological polar surface area (TPSA) is 81.8 Å². The number of hydrogen-bond acceptors (Lipinski definition) is 5. The van der Waals surface area contributed by atoms with E-state index in [-0.39, 0.29) is 0 Å². The average molecular weight is 382 g/mol. The van der Waals surface area contributed by atoms with Gasteiger partial charge in [0.1, 0.15) is 5.01 Å². The maximum absolute atomic E-state index is 5.97. The monoisotopic (exact) mass is 382 g/mol. The Morgan fingerprint density at radius 1 is 1.11 bits per heavy atom. The lowest BCUT2D eigenvalue weighted by atomic mass is 10.2. The van der Waals surface area contributed by atoms with Gasteiger partial charge in [0.15, 0.2) is 17.5 Å². The maximum atomic E-state index is 5.97. The van der Waals surface area contributed by atoms with Crippen LogP contribution < -0.4 is 20.5 Å². The molecule has 0 saturated carbocycles. The van der Waals surface area contributed by atoms with E-state index in [1.807, 2.05) is 41.8 Å². The van der Waals surface area contributed by atoms with Crippen LogP contribution in [-0.2, 0) is 13.1 Å². The van der Waals surface area contributed by atoms with Crippen LogP contribution in [0, 0.1) is 0 Å². The minimum Gasteiger partial charge on any atom is -0.493 e. The number of aromatic nitrogens is 1. The van der Waals surface area contributed by atoms with Crippen LogP contribution in [0.2, 0.25) is 0 Å². The van der Waals surface area contributed by atoms with E-state index >= 15 is 0 Å². The SMILES string of the molecule is COc1ccc(CN=C(N)NCc2csc(-c3ccccc3)n2)cc1OC. The van der Waals surface area contributed by atoms with Crippen LogP contribution in [0.3, 0.4) is 0 Å². The van der Waals surface area contributed by atoms with Gasteiger partial charge in [-0.1, -0.05) is 36.4 Å². The normalized spacial score (nSPS) is 11.3. The molecule has 0 bridgehead atoms. The highest BCUT2D eigenvalue weighted by Crippen LogP contribution is 2.27. The van der Waals surface area contributed by atoms with Gasteiger partial charge in [-0.05, 0) is 17.7 Å². The van der Waals surface area contributed by atoms with E-state index in [0.29, 0.717) is 30.5 Å². The Morgan fingerprint density at radius 3 is 2.63 bits per heavy atom. The second-order valence-corrected chi connectivity index (χ2v) is 6.61. The quantitative estimate of drug-likeness (QED) is 0.483. The Labute approximate surface area is 162 Å². The van der Waals surface area contributed by atoms with Gasteiger partial charge in [0.2, 0.25) is 0 Å². The van der Waals surface area contributed by atoms with Crippen molar-refractivity contribution >= 4 is 17.3 Å². The summed E-state index contributed by atoms with van der Waals surface area (Å²) in [6, 6.07) is 15.8. The fourth-order valence-corrected chi connectivity index (χ4v) is 3.32. The molecule has 0 unspecified atom stereocenters. The number of aliphatic imine (C=N–C) groups is 1. The Hall–Kier alpha value is -3.06. The van der Waals surface area contributed by atoms with Crippen molar-refractivity contribution in [3.63, 3.8) is 0 Å². The van der Waals surface area contributed by atoms with Crippen molar-refractivity contribution in [3.8, 4) is 22.1 Å². The fourth-order valence-electron chi connectivity index (χ4n) is 2.49. The van der Waals surface area contributed by atoms with Gasteiger partial charge in [-0.2, -0.15) is 0 Å². The minimum atomic E-state index is 0.374. The summed E-state index contributed by atoms with van der Waals surface area (Å²) in [6.07, 6.45) is 0. The first-order valence-corrected chi connectivity index (χ1v) is 9.32. The lowest BCUT2D eigenvalue weighted by Gasteiger charge is -2.09. The largest absolute Gasteiger partial charge is 0.493 e. The number of nitrogens with zero attached hydrogens (tertiary/aromatic N) is 2. The van der Waals surface area contributed by atoms with Gasteiger partial charge in [-0.25, -0.2) is 9.98 Å². The number of hydrogen-bond donors (Lipinski definition) is 2. The fraction of sp³-hybridized carbons (Fsp3) is 0.200. The van der Waals surface area contributed by atoms with Crippen LogP contribution in [0.25, 0.3) is 10.6 Å². The molecule has 1 aromatic heterocycles. The maximum Gasteiger partial charge on any atom is 0.189 e. The van der Waals surface area contributed by atoms with Crippen molar-refractivity contribution in [2.24, 2.45) is 10.7 Å². The molecule has 0 saturated heterocycles. The molecule has 0 aliphatic rings. The Kier molecular flexibility index (Phi) is 6.27. The molecule has 3 aromatic rings. The van der Waals surface area contributed by atoms with Gasteiger partial charge < -0.3 is 20.5 Å². The van der Waals surface area contributed by atoms with Crippen molar-refractivity contribution in [1.82, 2.24) is 10.3 Å². The molecule has 3 N–H and O–H groups in total.